The minimum atomic E-state index is -3.60. The van der Waals surface area contributed by atoms with E-state index in [4.69, 9.17) is 23.8 Å². The Labute approximate surface area is 142 Å². The molecule has 1 aromatic carbocycles. The molecule has 0 unspecified atom stereocenters. The summed E-state index contributed by atoms with van der Waals surface area (Å²) in [5, 5.41) is 6.60. The lowest BCUT2D eigenvalue weighted by Crippen LogP contribution is -2.34. The van der Waals surface area contributed by atoms with Crippen LogP contribution in [0.4, 0.5) is 5.69 Å². The van der Waals surface area contributed by atoms with Gasteiger partial charge in [-0.1, -0.05) is 11.6 Å². The summed E-state index contributed by atoms with van der Waals surface area (Å²) in [6, 6.07) is 4.68. The van der Waals surface area contributed by atoms with Crippen LogP contribution < -0.4 is 10.6 Å². The average molecular weight is 365 g/mol. The van der Waals surface area contributed by atoms with E-state index in [2.05, 4.69) is 10.6 Å². The molecule has 124 valence electrons. The standard InChI is InChI=1S/C13H21ClN4O2S2/c1-17(2)8-7-15-13(21)16-10-5-6-11(14)12(9-10)22(19,20)18(3)4/h5-6,9H,7-8H2,1-4H3,(H2,15,16,21). The highest BCUT2D eigenvalue weighted by Gasteiger charge is 2.21. The maximum Gasteiger partial charge on any atom is 0.244 e. The van der Waals surface area contributed by atoms with E-state index in [1.54, 1.807) is 6.07 Å². The normalized spacial score (nSPS) is 11.8. The first-order valence-corrected chi connectivity index (χ1v) is 8.79. The molecule has 0 aliphatic carbocycles. The van der Waals surface area contributed by atoms with E-state index in [9.17, 15) is 8.42 Å². The number of hydrogen-bond acceptors (Lipinski definition) is 4. The number of hydrogen-bond donors (Lipinski definition) is 2. The molecular formula is C13H21ClN4O2S2. The SMILES string of the molecule is CN(C)CCNC(=S)Nc1ccc(Cl)c(S(=O)(=O)N(C)C)c1. The zero-order chi connectivity index (χ0) is 16.9. The Morgan fingerprint density at radius 3 is 2.45 bits per heavy atom. The summed E-state index contributed by atoms with van der Waals surface area (Å²) in [4.78, 5) is 2.07. The fourth-order valence-electron chi connectivity index (χ4n) is 1.54. The molecule has 0 aliphatic heterocycles. The average Bonchev–Trinajstić information content (AvgIpc) is 2.40. The molecule has 0 atom stereocenters. The lowest BCUT2D eigenvalue weighted by molar-refractivity contribution is 0.413. The maximum absolute atomic E-state index is 12.2. The third-order valence-corrected chi connectivity index (χ3v) is 5.34. The van der Waals surface area contributed by atoms with E-state index in [1.165, 1.54) is 26.2 Å². The molecule has 0 bridgehead atoms. The van der Waals surface area contributed by atoms with Crippen molar-refractivity contribution in [1.29, 1.82) is 0 Å². The number of benzene rings is 1. The molecule has 1 rings (SSSR count). The van der Waals surface area contributed by atoms with Gasteiger partial charge in [-0.05, 0) is 44.5 Å². The molecule has 6 nitrogen and oxygen atoms in total. The molecule has 9 heteroatoms. The number of nitrogens with one attached hydrogen (secondary N) is 2. The second-order valence-electron chi connectivity index (χ2n) is 5.12. The molecule has 0 spiro atoms. The monoisotopic (exact) mass is 364 g/mol. The van der Waals surface area contributed by atoms with Gasteiger partial charge in [-0.15, -0.1) is 0 Å². The molecule has 2 N–H and O–H groups in total. The van der Waals surface area contributed by atoms with Crippen LogP contribution >= 0.6 is 23.8 Å². The first-order chi connectivity index (χ1) is 10.1. The first kappa shape index (κ1) is 19.1. The van der Waals surface area contributed by atoms with Gasteiger partial charge in [0.1, 0.15) is 4.90 Å². The summed E-state index contributed by atoms with van der Waals surface area (Å²) < 4.78 is 25.5. The van der Waals surface area contributed by atoms with Crippen molar-refractivity contribution in [1.82, 2.24) is 14.5 Å². The molecule has 0 saturated carbocycles. The fraction of sp³-hybridized carbons (Fsp3) is 0.462. The van der Waals surface area contributed by atoms with Gasteiger partial charge in [-0.2, -0.15) is 0 Å². The fourth-order valence-corrected chi connectivity index (χ4v) is 3.16. The molecule has 0 amide bonds. The van der Waals surface area contributed by atoms with Crippen molar-refractivity contribution in [3.05, 3.63) is 23.2 Å². The highest BCUT2D eigenvalue weighted by Crippen LogP contribution is 2.26. The van der Waals surface area contributed by atoms with Gasteiger partial charge in [0.25, 0.3) is 0 Å². The third-order valence-electron chi connectivity index (χ3n) is 2.79. The quantitative estimate of drug-likeness (QED) is 0.745. The van der Waals surface area contributed by atoms with Crippen LogP contribution in [-0.2, 0) is 10.0 Å². The van der Waals surface area contributed by atoms with E-state index in [1.807, 2.05) is 19.0 Å². The number of nitrogens with zero attached hydrogens (tertiary/aromatic N) is 2. The second kappa shape index (κ2) is 8.07. The molecule has 0 radical (unpaired) electrons. The lowest BCUT2D eigenvalue weighted by atomic mass is 10.3. The maximum atomic E-state index is 12.2. The van der Waals surface area contributed by atoms with Gasteiger partial charge in [0, 0.05) is 32.9 Å². The van der Waals surface area contributed by atoms with Crippen LogP contribution in [0.25, 0.3) is 0 Å². The Morgan fingerprint density at radius 2 is 1.91 bits per heavy atom. The van der Waals surface area contributed by atoms with E-state index in [0.29, 0.717) is 17.3 Å². The topological polar surface area (TPSA) is 64.7 Å². The Morgan fingerprint density at radius 1 is 1.27 bits per heavy atom. The number of rotatable bonds is 6. The number of halogens is 1. The van der Waals surface area contributed by atoms with Gasteiger partial charge in [-0.25, -0.2) is 12.7 Å². The van der Waals surface area contributed by atoms with Crippen molar-refractivity contribution in [2.75, 3.05) is 46.6 Å². The zero-order valence-electron chi connectivity index (χ0n) is 13.1. The van der Waals surface area contributed by atoms with E-state index in [-0.39, 0.29) is 9.92 Å². The van der Waals surface area contributed by atoms with Crippen molar-refractivity contribution in [3.8, 4) is 0 Å². The Bertz CT molecular complexity index is 633. The number of thiocarbonyl (C=S) groups is 1. The van der Waals surface area contributed by atoms with E-state index >= 15 is 0 Å². The van der Waals surface area contributed by atoms with Crippen molar-refractivity contribution in [3.63, 3.8) is 0 Å². The van der Waals surface area contributed by atoms with Crippen LogP contribution in [0.2, 0.25) is 5.02 Å². The third kappa shape index (κ3) is 5.36. The van der Waals surface area contributed by atoms with Crippen molar-refractivity contribution in [2.24, 2.45) is 0 Å². The number of sulfonamides is 1. The van der Waals surface area contributed by atoms with Gasteiger partial charge in [0.2, 0.25) is 10.0 Å². The summed E-state index contributed by atoms with van der Waals surface area (Å²) >= 11 is 11.2. The summed E-state index contributed by atoms with van der Waals surface area (Å²) in [7, 11) is 3.25. The molecule has 0 aliphatic rings. The van der Waals surface area contributed by atoms with Crippen LogP contribution in [0.3, 0.4) is 0 Å². The minimum absolute atomic E-state index is 0.0419. The Balaban J connectivity index is 2.84. The molecule has 0 aromatic heterocycles. The van der Waals surface area contributed by atoms with Gasteiger partial charge >= 0.3 is 0 Å². The smallest absolute Gasteiger partial charge is 0.244 e. The minimum Gasteiger partial charge on any atom is -0.361 e. The van der Waals surface area contributed by atoms with Crippen LogP contribution in [0.5, 0.6) is 0 Å². The van der Waals surface area contributed by atoms with Gasteiger partial charge in [-0.3, -0.25) is 0 Å². The largest absolute Gasteiger partial charge is 0.361 e. The van der Waals surface area contributed by atoms with Gasteiger partial charge in [0.15, 0.2) is 5.11 Å². The molecule has 0 fully saturated rings. The highest BCUT2D eigenvalue weighted by atomic mass is 35.5. The lowest BCUT2D eigenvalue weighted by Gasteiger charge is -2.16. The van der Waals surface area contributed by atoms with Crippen LogP contribution in [0, 0.1) is 0 Å². The van der Waals surface area contributed by atoms with Crippen molar-refractivity contribution < 1.29 is 8.42 Å². The van der Waals surface area contributed by atoms with Crippen LogP contribution in [-0.4, -0.2) is 64.0 Å². The molecular weight excluding hydrogens is 344 g/mol. The summed E-state index contributed by atoms with van der Waals surface area (Å²) in [6.45, 7) is 1.53. The summed E-state index contributed by atoms with van der Waals surface area (Å²) in [5.74, 6) is 0. The van der Waals surface area contributed by atoms with Crippen LogP contribution in [0.1, 0.15) is 0 Å². The summed E-state index contributed by atoms with van der Waals surface area (Å²) in [5.41, 5.74) is 0.562. The highest BCUT2D eigenvalue weighted by molar-refractivity contribution is 7.89. The second-order valence-corrected chi connectivity index (χ2v) is 8.05. The van der Waals surface area contributed by atoms with Crippen LogP contribution in [0.15, 0.2) is 23.1 Å². The molecule has 0 heterocycles. The Kier molecular flexibility index (Phi) is 7.01. The van der Waals surface area contributed by atoms with Gasteiger partial charge in [0.05, 0.1) is 5.02 Å². The summed E-state index contributed by atoms with van der Waals surface area (Å²) in [6.07, 6.45) is 0. The van der Waals surface area contributed by atoms with Gasteiger partial charge < -0.3 is 15.5 Å². The number of anilines is 1. The predicted molar refractivity (Wildman–Crippen MR) is 95.1 cm³/mol. The number of likely N-dealkylation sites (N-methyl/N-ethyl adjacent to an activating group) is 1. The van der Waals surface area contributed by atoms with E-state index in [0.717, 1.165) is 10.8 Å². The van der Waals surface area contributed by atoms with Crippen molar-refractivity contribution in [2.45, 2.75) is 4.90 Å². The first-order valence-electron chi connectivity index (χ1n) is 6.56. The molecule has 0 saturated heterocycles. The van der Waals surface area contributed by atoms with Crippen molar-refractivity contribution >= 4 is 44.6 Å². The van der Waals surface area contributed by atoms with E-state index < -0.39 is 10.0 Å². The molecule has 1 aromatic rings. The zero-order valence-corrected chi connectivity index (χ0v) is 15.4. The molecule has 22 heavy (non-hydrogen) atoms. The predicted octanol–water partition coefficient (Wildman–Crippen LogP) is 1.44. The Hall–Kier alpha value is -0.930.